The van der Waals surface area contributed by atoms with Gasteiger partial charge in [-0.1, -0.05) is 26.2 Å². The number of carbonyl (C=O) groups is 1. The minimum Gasteiger partial charge on any atom is -0.465 e. The first kappa shape index (κ1) is 12.5. The molecule has 15 heavy (non-hydrogen) atoms. The van der Waals surface area contributed by atoms with Crippen LogP contribution in [0.15, 0.2) is 0 Å². The van der Waals surface area contributed by atoms with Gasteiger partial charge in [-0.25, -0.2) is 0 Å². The summed E-state index contributed by atoms with van der Waals surface area (Å²) in [5.74, 6) is 0.353. The van der Waals surface area contributed by atoms with Gasteiger partial charge in [0.05, 0.1) is 12.5 Å². The van der Waals surface area contributed by atoms with Crippen molar-refractivity contribution in [3.63, 3.8) is 0 Å². The van der Waals surface area contributed by atoms with Crippen LogP contribution in [0.4, 0.5) is 0 Å². The molecule has 1 atom stereocenters. The third kappa shape index (κ3) is 3.82. The first-order chi connectivity index (χ1) is 7.29. The van der Waals surface area contributed by atoms with Crippen LogP contribution in [0.25, 0.3) is 0 Å². The zero-order valence-corrected chi connectivity index (χ0v) is 9.71. The normalized spacial score (nSPS) is 19.1. The van der Waals surface area contributed by atoms with Crippen molar-refractivity contribution in [3.05, 3.63) is 0 Å². The number of carbonyl (C=O) groups excluding carboxylic acids is 1. The Bertz CT molecular complexity index is 188. The molecule has 0 heterocycles. The lowest BCUT2D eigenvalue weighted by atomic mass is 9.91. The highest BCUT2D eigenvalue weighted by atomic mass is 16.5. The Morgan fingerprint density at radius 2 is 2.13 bits per heavy atom. The van der Waals surface area contributed by atoms with Crippen LogP contribution in [-0.4, -0.2) is 19.1 Å². The van der Waals surface area contributed by atoms with Crippen molar-refractivity contribution in [2.24, 2.45) is 17.6 Å². The van der Waals surface area contributed by atoms with Gasteiger partial charge < -0.3 is 10.5 Å². The molecule has 88 valence electrons. The number of esters is 1. The summed E-state index contributed by atoms with van der Waals surface area (Å²) >= 11 is 0. The number of nitrogens with two attached hydrogens (primary N) is 1. The molecule has 2 N–H and O–H groups in total. The highest BCUT2D eigenvalue weighted by Gasteiger charge is 2.30. The van der Waals surface area contributed by atoms with Crippen molar-refractivity contribution >= 4 is 5.97 Å². The van der Waals surface area contributed by atoms with E-state index >= 15 is 0 Å². The van der Waals surface area contributed by atoms with Crippen LogP contribution in [-0.2, 0) is 9.53 Å². The van der Waals surface area contributed by atoms with Gasteiger partial charge in [-0.3, -0.25) is 4.79 Å². The average molecular weight is 213 g/mol. The van der Waals surface area contributed by atoms with Crippen molar-refractivity contribution in [1.29, 1.82) is 0 Å². The second kappa shape index (κ2) is 6.83. The SMILES string of the molecule is CCCCOC(=O)C(CN)C1CCCC1. The Balaban J connectivity index is 2.32. The summed E-state index contributed by atoms with van der Waals surface area (Å²) in [4.78, 5) is 11.7. The fraction of sp³-hybridized carbons (Fsp3) is 0.917. The fourth-order valence-electron chi connectivity index (χ4n) is 2.27. The molecule has 1 saturated carbocycles. The molecule has 0 aromatic heterocycles. The molecular weight excluding hydrogens is 190 g/mol. The van der Waals surface area contributed by atoms with Crippen molar-refractivity contribution in [2.45, 2.75) is 45.4 Å². The van der Waals surface area contributed by atoms with Crippen LogP contribution in [0.3, 0.4) is 0 Å². The van der Waals surface area contributed by atoms with Crippen LogP contribution in [0.1, 0.15) is 45.4 Å². The summed E-state index contributed by atoms with van der Waals surface area (Å²) in [7, 11) is 0. The van der Waals surface area contributed by atoms with Gasteiger partial charge in [0, 0.05) is 6.54 Å². The Hall–Kier alpha value is -0.570. The van der Waals surface area contributed by atoms with E-state index in [2.05, 4.69) is 6.92 Å². The van der Waals surface area contributed by atoms with E-state index in [-0.39, 0.29) is 11.9 Å². The predicted octanol–water partition coefficient (Wildman–Crippen LogP) is 2.09. The third-order valence-electron chi connectivity index (χ3n) is 3.27. The summed E-state index contributed by atoms with van der Waals surface area (Å²) < 4.78 is 5.23. The lowest BCUT2D eigenvalue weighted by Gasteiger charge is -2.19. The van der Waals surface area contributed by atoms with Crippen molar-refractivity contribution in [3.8, 4) is 0 Å². The first-order valence-electron chi connectivity index (χ1n) is 6.16. The quantitative estimate of drug-likeness (QED) is 0.543. The average Bonchev–Trinajstić information content (AvgIpc) is 2.73. The minimum atomic E-state index is -0.0714. The second-order valence-corrected chi connectivity index (χ2v) is 4.41. The van der Waals surface area contributed by atoms with E-state index in [4.69, 9.17) is 10.5 Å². The Labute approximate surface area is 92.4 Å². The molecule has 0 spiro atoms. The van der Waals surface area contributed by atoms with Crippen LogP contribution in [0.5, 0.6) is 0 Å². The third-order valence-corrected chi connectivity index (χ3v) is 3.27. The smallest absolute Gasteiger partial charge is 0.310 e. The number of unbranched alkanes of at least 4 members (excludes halogenated alkanes) is 1. The van der Waals surface area contributed by atoms with E-state index in [1.807, 2.05) is 0 Å². The summed E-state index contributed by atoms with van der Waals surface area (Å²) in [6.45, 7) is 3.08. The maximum absolute atomic E-state index is 11.7. The molecule has 0 amide bonds. The van der Waals surface area contributed by atoms with E-state index in [0.29, 0.717) is 19.1 Å². The Morgan fingerprint density at radius 3 is 2.67 bits per heavy atom. The maximum Gasteiger partial charge on any atom is 0.310 e. The van der Waals surface area contributed by atoms with E-state index < -0.39 is 0 Å². The molecule has 3 heteroatoms. The maximum atomic E-state index is 11.7. The monoisotopic (exact) mass is 213 g/mol. The molecule has 0 saturated heterocycles. The van der Waals surface area contributed by atoms with Crippen LogP contribution < -0.4 is 5.73 Å². The second-order valence-electron chi connectivity index (χ2n) is 4.41. The van der Waals surface area contributed by atoms with Crippen LogP contribution in [0, 0.1) is 11.8 Å². The predicted molar refractivity (Wildman–Crippen MR) is 60.4 cm³/mol. The number of rotatable bonds is 6. The van der Waals surface area contributed by atoms with Gasteiger partial charge in [0.1, 0.15) is 0 Å². The summed E-state index contributed by atoms with van der Waals surface area (Å²) in [6.07, 6.45) is 6.78. The molecule has 1 aliphatic carbocycles. The van der Waals surface area contributed by atoms with Gasteiger partial charge >= 0.3 is 5.97 Å². The molecule has 3 nitrogen and oxygen atoms in total. The van der Waals surface area contributed by atoms with Gasteiger partial charge in [0.25, 0.3) is 0 Å². The van der Waals surface area contributed by atoms with E-state index in [0.717, 1.165) is 25.7 Å². The molecule has 0 aliphatic heterocycles. The Morgan fingerprint density at radius 1 is 1.47 bits per heavy atom. The fourth-order valence-corrected chi connectivity index (χ4v) is 2.27. The van der Waals surface area contributed by atoms with Crippen molar-refractivity contribution in [1.82, 2.24) is 0 Å². The van der Waals surface area contributed by atoms with Crippen molar-refractivity contribution < 1.29 is 9.53 Å². The van der Waals surface area contributed by atoms with Gasteiger partial charge in [-0.05, 0) is 25.2 Å². The number of hydrogen-bond acceptors (Lipinski definition) is 3. The number of hydrogen-bond donors (Lipinski definition) is 1. The molecule has 1 aliphatic rings. The summed E-state index contributed by atoms with van der Waals surface area (Å²) in [5, 5.41) is 0. The van der Waals surface area contributed by atoms with E-state index in [9.17, 15) is 4.79 Å². The van der Waals surface area contributed by atoms with E-state index in [1.54, 1.807) is 0 Å². The van der Waals surface area contributed by atoms with Gasteiger partial charge in [-0.2, -0.15) is 0 Å². The van der Waals surface area contributed by atoms with Crippen LogP contribution >= 0.6 is 0 Å². The lowest BCUT2D eigenvalue weighted by Crippen LogP contribution is -2.31. The molecule has 0 aromatic carbocycles. The molecule has 1 fully saturated rings. The lowest BCUT2D eigenvalue weighted by molar-refractivity contribution is -0.150. The molecule has 1 unspecified atom stereocenters. The Kier molecular flexibility index (Phi) is 5.69. The largest absolute Gasteiger partial charge is 0.465 e. The van der Waals surface area contributed by atoms with Gasteiger partial charge in [-0.15, -0.1) is 0 Å². The van der Waals surface area contributed by atoms with Gasteiger partial charge in [0.15, 0.2) is 0 Å². The zero-order valence-electron chi connectivity index (χ0n) is 9.71. The highest BCUT2D eigenvalue weighted by Crippen LogP contribution is 2.31. The molecule has 1 rings (SSSR count). The number of ether oxygens (including phenoxy) is 1. The standard InChI is InChI=1S/C12H23NO2/c1-2-3-8-15-12(14)11(9-13)10-6-4-5-7-10/h10-11H,2-9,13H2,1H3. The van der Waals surface area contributed by atoms with Gasteiger partial charge in [0.2, 0.25) is 0 Å². The van der Waals surface area contributed by atoms with Crippen molar-refractivity contribution in [2.75, 3.05) is 13.2 Å². The highest BCUT2D eigenvalue weighted by molar-refractivity contribution is 5.73. The summed E-state index contributed by atoms with van der Waals surface area (Å²) in [6, 6.07) is 0. The summed E-state index contributed by atoms with van der Waals surface area (Å²) in [5.41, 5.74) is 5.66. The molecule has 0 radical (unpaired) electrons. The van der Waals surface area contributed by atoms with Crippen LogP contribution in [0.2, 0.25) is 0 Å². The van der Waals surface area contributed by atoms with E-state index in [1.165, 1.54) is 12.8 Å². The zero-order chi connectivity index (χ0) is 11.1. The first-order valence-corrected chi connectivity index (χ1v) is 6.16. The molecular formula is C12H23NO2. The minimum absolute atomic E-state index is 0.0515. The molecule has 0 bridgehead atoms. The molecule has 0 aromatic rings. The topological polar surface area (TPSA) is 52.3 Å².